The summed E-state index contributed by atoms with van der Waals surface area (Å²) in [5.41, 5.74) is 4.09. The van der Waals surface area contributed by atoms with Crippen LogP contribution in [0, 0.1) is 11.7 Å². The predicted octanol–water partition coefficient (Wildman–Crippen LogP) is 5.51. The Kier molecular flexibility index (Phi) is 4.07. The predicted molar refractivity (Wildman–Crippen MR) is 103 cm³/mol. The van der Waals surface area contributed by atoms with E-state index in [-0.39, 0.29) is 17.5 Å². The Morgan fingerprint density at radius 2 is 1.78 bits per heavy atom. The van der Waals surface area contributed by atoms with E-state index in [9.17, 15) is 9.18 Å². The maximum atomic E-state index is 13.5. The van der Waals surface area contributed by atoms with Crippen molar-refractivity contribution in [1.29, 1.82) is 0 Å². The molecule has 0 atom stereocenters. The molecule has 2 aliphatic rings. The first kappa shape index (κ1) is 16.7. The molecule has 4 heteroatoms. The minimum absolute atomic E-state index is 0.0558. The van der Waals surface area contributed by atoms with Crippen LogP contribution in [0.3, 0.4) is 0 Å². The van der Waals surface area contributed by atoms with Crippen LogP contribution >= 0.6 is 0 Å². The van der Waals surface area contributed by atoms with Crippen LogP contribution in [-0.4, -0.2) is 15.2 Å². The van der Waals surface area contributed by atoms with E-state index in [0.717, 1.165) is 42.5 Å². The van der Waals surface area contributed by atoms with Crippen molar-refractivity contribution in [2.45, 2.75) is 50.4 Å². The fourth-order valence-corrected chi connectivity index (χ4v) is 4.64. The molecule has 0 unspecified atom stereocenters. The molecule has 0 aliphatic heterocycles. The third-order valence-corrected chi connectivity index (χ3v) is 6.28. The van der Waals surface area contributed by atoms with Gasteiger partial charge in [-0.15, -0.1) is 0 Å². The lowest BCUT2D eigenvalue weighted by molar-refractivity contribution is 0.0876. The van der Waals surface area contributed by atoms with Gasteiger partial charge in [0.1, 0.15) is 5.82 Å². The van der Waals surface area contributed by atoms with E-state index in [4.69, 9.17) is 0 Å². The van der Waals surface area contributed by atoms with Crippen LogP contribution in [0.25, 0.3) is 5.52 Å². The summed E-state index contributed by atoms with van der Waals surface area (Å²) in [5, 5.41) is 0. The fourth-order valence-electron chi connectivity index (χ4n) is 4.64. The molecular formula is C23H23FN2O. The number of ketones is 1. The van der Waals surface area contributed by atoms with E-state index >= 15 is 0 Å². The van der Waals surface area contributed by atoms with Gasteiger partial charge in [0.15, 0.2) is 5.78 Å². The first-order valence-electron chi connectivity index (χ1n) is 9.95. The maximum absolute atomic E-state index is 13.5. The van der Waals surface area contributed by atoms with Gasteiger partial charge in [-0.2, -0.15) is 0 Å². The highest BCUT2D eigenvalue weighted by Crippen LogP contribution is 2.44. The lowest BCUT2D eigenvalue weighted by atomic mass is 9.76. The molecule has 0 amide bonds. The molecule has 3 nitrogen and oxygen atoms in total. The maximum Gasteiger partial charge on any atom is 0.182 e. The minimum Gasteiger partial charge on any atom is -0.296 e. The summed E-state index contributed by atoms with van der Waals surface area (Å²) in [6.07, 6.45) is 9.56. The third kappa shape index (κ3) is 3.07. The average Bonchev–Trinajstić information content (AvgIpc) is 3.43. The number of carbonyl (C=O) groups excluding carboxylic acids is 1. The molecule has 3 aromatic rings. The Morgan fingerprint density at radius 1 is 1.00 bits per heavy atom. The number of benzene rings is 1. The number of hydrogen-bond acceptors (Lipinski definition) is 2. The van der Waals surface area contributed by atoms with E-state index in [1.165, 1.54) is 24.5 Å². The van der Waals surface area contributed by atoms with Gasteiger partial charge < -0.3 is 0 Å². The number of pyridine rings is 1. The molecule has 27 heavy (non-hydrogen) atoms. The number of Topliss-reactive ketones (excluding diaryl/α,β-unsaturated/α-hetero) is 1. The van der Waals surface area contributed by atoms with Gasteiger partial charge >= 0.3 is 0 Å². The van der Waals surface area contributed by atoms with Crippen molar-refractivity contribution >= 4 is 11.3 Å². The Labute approximate surface area is 158 Å². The van der Waals surface area contributed by atoms with Gasteiger partial charge in [0, 0.05) is 5.92 Å². The molecule has 5 rings (SSSR count). The number of imidazole rings is 1. The Balaban J connectivity index is 1.39. The van der Waals surface area contributed by atoms with Gasteiger partial charge in [-0.1, -0.05) is 18.2 Å². The Hall–Kier alpha value is -2.49. The molecular weight excluding hydrogens is 339 g/mol. The van der Waals surface area contributed by atoms with Gasteiger partial charge in [-0.05, 0) is 79.7 Å². The lowest BCUT2D eigenvalue weighted by Crippen LogP contribution is -2.24. The summed E-state index contributed by atoms with van der Waals surface area (Å²) in [6, 6.07) is 11.1. The topological polar surface area (TPSA) is 34.4 Å². The highest BCUT2D eigenvalue weighted by atomic mass is 19.1. The number of rotatable bonds is 4. The van der Waals surface area contributed by atoms with E-state index in [0.29, 0.717) is 11.8 Å². The van der Waals surface area contributed by atoms with Crippen molar-refractivity contribution < 1.29 is 9.18 Å². The minimum atomic E-state index is -0.174. The van der Waals surface area contributed by atoms with Crippen LogP contribution in [0.5, 0.6) is 0 Å². The van der Waals surface area contributed by atoms with Crippen LogP contribution < -0.4 is 0 Å². The molecule has 0 N–H and O–H groups in total. The summed E-state index contributed by atoms with van der Waals surface area (Å²) in [6.45, 7) is 0. The van der Waals surface area contributed by atoms with E-state index in [1.807, 2.05) is 16.7 Å². The number of carbonyl (C=O) groups is 1. The van der Waals surface area contributed by atoms with Crippen LogP contribution in [-0.2, 0) is 0 Å². The molecule has 0 spiro atoms. The number of hydrogen-bond donors (Lipinski definition) is 0. The van der Waals surface area contributed by atoms with Gasteiger partial charge in [0.05, 0.1) is 23.7 Å². The molecule has 1 aromatic carbocycles. The zero-order chi connectivity index (χ0) is 18.4. The summed E-state index contributed by atoms with van der Waals surface area (Å²) >= 11 is 0. The number of nitrogens with zero attached hydrogens (tertiary/aromatic N) is 2. The zero-order valence-corrected chi connectivity index (χ0v) is 15.3. The van der Waals surface area contributed by atoms with Crippen molar-refractivity contribution in [3.05, 3.63) is 71.6 Å². The summed E-state index contributed by atoms with van der Waals surface area (Å²) in [5.74, 6) is 1.03. The number of halogens is 1. The quantitative estimate of drug-likeness (QED) is 0.574. The molecule has 2 saturated carbocycles. The van der Waals surface area contributed by atoms with Crippen LogP contribution in [0.4, 0.5) is 4.39 Å². The van der Waals surface area contributed by atoms with Crippen molar-refractivity contribution in [3.8, 4) is 0 Å². The summed E-state index contributed by atoms with van der Waals surface area (Å²) in [7, 11) is 0. The highest BCUT2D eigenvalue weighted by Gasteiger charge is 2.34. The number of fused-ring (bicyclic) bond motifs is 1. The second-order valence-corrected chi connectivity index (χ2v) is 8.07. The van der Waals surface area contributed by atoms with Crippen molar-refractivity contribution in [2.24, 2.45) is 5.92 Å². The van der Waals surface area contributed by atoms with Crippen LogP contribution in [0.2, 0.25) is 0 Å². The van der Waals surface area contributed by atoms with E-state index in [1.54, 1.807) is 18.5 Å². The normalized spacial score (nSPS) is 22.9. The molecule has 2 aromatic heterocycles. The molecule has 0 saturated heterocycles. The van der Waals surface area contributed by atoms with Gasteiger partial charge in [-0.25, -0.2) is 9.37 Å². The molecule has 2 aliphatic carbocycles. The fraction of sp³-hybridized carbons (Fsp3) is 0.391. The second-order valence-electron chi connectivity index (χ2n) is 8.07. The number of aromatic nitrogens is 2. The SMILES string of the molecule is O=C(c1c(C2CC2)ccc2cncn12)C1CCC(c2cccc(F)c2)CC1. The molecule has 0 radical (unpaired) electrons. The second kappa shape index (κ2) is 6.59. The lowest BCUT2D eigenvalue weighted by Gasteiger charge is -2.28. The van der Waals surface area contributed by atoms with Gasteiger partial charge in [-0.3, -0.25) is 9.20 Å². The first-order valence-corrected chi connectivity index (χ1v) is 9.95. The Morgan fingerprint density at radius 3 is 2.52 bits per heavy atom. The average molecular weight is 362 g/mol. The summed E-state index contributed by atoms with van der Waals surface area (Å²) < 4.78 is 15.5. The van der Waals surface area contributed by atoms with Gasteiger partial charge in [0.25, 0.3) is 0 Å². The monoisotopic (exact) mass is 362 g/mol. The Bertz CT molecular complexity index is 997. The highest BCUT2D eigenvalue weighted by molar-refractivity contribution is 5.98. The third-order valence-electron chi connectivity index (χ3n) is 6.28. The smallest absolute Gasteiger partial charge is 0.182 e. The van der Waals surface area contributed by atoms with E-state index < -0.39 is 0 Å². The molecule has 138 valence electrons. The van der Waals surface area contributed by atoms with Gasteiger partial charge in [0.2, 0.25) is 0 Å². The standard InChI is InChI=1S/C23H23FN2O/c24-19-3-1-2-18(12-19)15-4-8-17(9-5-15)23(27)22-21(16-6-7-16)11-10-20-13-25-14-26(20)22/h1-3,10-17H,4-9H2. The van der Waals surface area contributed by atoms with E-state index in [2.05, 4.69) is 17.1 Å². The summed E-state index contributed by atoms with van der Waals surface area (Å²) in [4.78, 5) is 17.7. The van der Waals surface area contributed by atoms with Crippen LogP contribution in [0.15, 0.2) is 48.9 Å². The first-order chi connectivity index (χ1) is 13.2. The molecule has 2 fully saturated rings. The van der Waals surface area contributed by atoms with Crippen molar-refractivity contribution in [2.75, 3.05) is 0 Å². The largest absolute Gasteiger partial charge is 0.296 e. The molecule has 0 bridgehead atoms. The zero-order valence-electron chi connectivity index (χ0n) is 15.3. The van der Waals surface area contributed by atoms with Crippen LogP contribution in [0.1, 0.15) is 72.0 Å². The van der Waals surface area contributed by atoms with Crippen molar-refractivity contribution in [1.82, 2.24) is 9.38 Å². The molecule has 2 heterocycles. The van der Waals surface area contributed by atoms with Crippen molar-refractivity contribution in [3.63, 3.8) is 0 Å².